The predicted molar refractivity (Wildman–Crippen MR) is 51.0 cm³/mol. The first kappa shape index (κ1) is 10.2. The molecule has 2 fully saturated rings. The maximum absolute atomic E-state index is 11.3. The molecule has 0 radical (unpaired) electrons. The SMILES string of the molecule is O=C1NCC2C1CCCN2S(=O)(=O)Cl. The standard InChI is InChI=1S/C7H11ClN2O3S/c8-14(12,13)10-3-1-2-5-6(10)4-9-7(5)11/h5-6H,1-4H2,(H,9,11). The molecule has 2 unspecified atom stereocenters. The van der Waals surface area contributed by atoms with E-state index >= 15 is 0 Å². The first-order valence-corrected chi connectivity index (χ1v) is 6.76. The Hall–Kier alpha value is -0.330. The minimum absolute atomic E-state index is 0.0555. The van der Waals surface area contributed by atoms with Crippen LogP contribution in [-0.4, -0.2) is 37.8 Å². The Morgan fingerprint density at radius 1 is 1.50 bits per heavy atom. The van der Waals surface area contributed by atoms with Gasteiger partial charge in [0.2, 0.25) is 5.91 Å². The van der Waals surface area contributed by atoms with Crippen LogP contribution in [0.2, 0.25) is 0 Å². The van der Waals surface area contributed by atoms with E-state index in [4.69, 9.17) is 10.7 Å². The van der Waals surface area contributed by atoms with Crippen LogP contribution in [0.3, 0.4) is 0 Å². The van der Waals surface area contributed by atoms with Crippen LogP contribution in [0.5, 0.6) is 0 Å². The number of nitrogens with one attached hydrogen (secondary N) is 1. The Balaban J connectivity index is 2.25. The average molecular weight is 239 g/mol. The molecule has 1 N–H and O–H groups in total. The molecule has 2 atom stereocenters. The Morgan fingerprint density at radius 2 is 2.21 bits per heavy atom. The second-order valence-electron chi connectivity index (χ2n) is 3.61. The van der Waals surface area contributed by atoms with Gasteiger partial charge >= 0.3 is 0 Å². The largest absolute Gasteiger partial charge is 0.354 e. The van der Waals surface area contributed by atoms with Crippen molar-refractivity contribution < 1.29 is 13.2 Å². The van der Waals surface area contributed by atoms with Crippen molar-refractivity contribution in [3.8, 4) is 0 Å². The fraction of sp³-hybridized carbons (Fsp3) is 0.857. The van der Waals surface area contributed by atoms with Gasteiger partial charge in [-0.2, -0.15) is 12.7 Å². The Labute approximate surface area is 87.0 Å². The molecule has 0 aromatic heterocycles. The molecule has 0 aliphatic carbocycles. The summed E-state index contributed by atoms with van der Waals surface area (Å²) in [5, 5.41) is 2.66. The van der Waals surface area contributed by atoms with Gasteiger partial charge in [0, 0.05) is 23.8 Å². The Bertz CT molecular complexity index is 356. The van der Waals surface area contributed by atoms with Crippen LogP contribution in [-0.2, 0) is 14.0 Å². The van der Waals surface area contributed by atoms with Crippen molar-refractivity contribution in [2.45, 2.75) is 18.9 Å². The molecule has 2 saturated heterocycles. The van der Waals surface area contributed by atoms with E-state index in [1.807, 2.05) is 0 Å². The molecule has 14 heavy (non-hydrogen) atoms. The molecular weight excluding hydrogens is 228 g/mol. The summed E-state index contributed by atoms with van der Waals surface area (Å²) in [5.74, 6) is -0.266. The van der Waals surface area contributed by atoms with Crippen LogP contribution >= 0.6 is 10.7 Å². The summed E-state index contributed by atoms with van der Waals surface area (Å²) in [5.41, 5.74) is 0. The molecule has 0 aromatic rings. The molecular formula is C7H11ClN2O3S. The van der Waals surface area contributed by atoms with Crippen LogP contribution in [0.15, 0.2) is 0 Å². The van der Waals surface area contributed by atoms with Gasteiger partial charge in [-0.05, 0) is 12.8 Å². The molecule has 5 nitrogen and oxygen atoms in total. The van der Waals surface area contributed by atoms with Gasteiger partial charge < -0.3 is 5.32 Å². The summed E-state index contributed by atoms with van der Waals surface area (Å²) in [6, 6.07) is -0.279. The topological polar surface area (TPSA) is 66.5 Å². The number of halogens is 1. The average Bonchev–Trinajstić information content (AvgIpc) is 2.46. The van der Waals surface area contributed by atoms with Crippen molar-refractivity contribution in [3.05, 3.63) is 0 Å². The molecule has 2 rings (SSSR count). The predicted octanol–water partition coefficient (Wildman–Crippen LogP) is -0.320. The fourth-order valence-electron chi connectivity index (χ4n) is 2.18. The highest BCUT2D eigenvalue weighted by molar-refractivity contribution is 8.11. The van der Waals surface area contributed by atoms with E-state index in [-0.39, 0.29) is 17.9 Å². The highest BCUT2D eigenvalue weighted by atomic mass is 35.7. The van der Waals surface area contributed by atoms with E-state index in [0.29, 0.717) is 19.5 Å². The smallest absolute Gasteiger partial charge is 0.300 e. The Morgan fingerprint density at radius 3 is 2.86 bits per heavy atom. The van der Waals surface area contributed by atoms with E-state index in [1.165, 1.54) is 4.31 Å². The minimum Gasteiger partial charge on any atom is -0.354 e. The van der Waals surface area contributed by atoms with E-state index in [9.17, 15) is 13.2 Å². The third-order valence-electron chi connectivity index (χ3n) is 2.83. The van der Waals surface area contributed by atoms with E-state index in [0.717, 1.165) is 6.42 Å². The van der Waals surface area contributed by atoms with E-state index in [1.54, 1.807) is 0 Å². The first-order chi connectivity index (χ1) is 6.50. The van der Waals surface area contributed by atoms with Crippen molar-refractivity contribution in [1.82, 2.24) is 9.62 Å². The number of amides is 1. The molecule has 2 heterocycles. The van der Waals surface area contributed by atoms with E-state index in [2.05, 4.69) is 5.32 Å². The highest BCUT2D eigenvalue weighted by Gasteiger charge is 2.44. The Kier molecular flexibility index (Phi) is 2.45. The molecule has 2 aliphatic heterocycles. The number of piperidine rings is 1. The first-order valence-electron chi connectivity index (χ1n) is 4.49. The summed E-state index contributed by atoms with van der Waals surface area (Å²) >= 11 is 0. The van der Waals surface area contributed by atoms with Gasteiger partial charge in [0.1, 0.15) is 0 Å². The lowest BCUT2D eigenvalue weighted by molar-refractivity contribution is -0.123. The second-order valence-corrected chi connectivity index (χ2v) is 6.08. The lowest BCUT2D eigenvalue weighted by Crippen LogP contribution is -2.46. The number of nitrogens with zero attached hydrogens (tertiary/aromatic N) is 1. The molecule has 80 valence electrons. The van der Waals surface area contributed by atoms with E-state index < -0.39 is 9.24 Å². The molecule has 0 aromatic carbocycles. The number of rotatable bonds is 1. The van der Waals surface area contributed by atoms with Crippen LogP contribution in [0.1, 0.15) is 12.8 Å². The molecule has 1 amide bonds. The molecule has 7 heteroatoms. The van der Waals surface area contributed by atoms with Gasteiger partial charge in [-0.15, -0.1) is 0 Å². The zero-order chi connectivity index (χ0) is 10.3. The normalized spacial score (nSPS) is 33.9. The van der Waals surface area contributed by atoms with Crippen molar-refractivity contribution in [1.29, 1.82) is 0 Å². The molecule has 2 aliphatic rings. The summed E-state index contributed by atoms with van der Waals surface area (Å²) in [6.45, 7) is 0.803. The maximum Gasteiger partial charge on any atom is 0.300 e. The van der Waals surface area contributed by atoms with Crippen molar-refractivity contribution >= 4 is 25.8 Å². The molecule has 0 saturated carbocycles. The third-order valence-corrected chi connectivity index (χ3v) is 4.38. The lowest BCUT2D eigenvalue weighted by atomic mass is 9.93. The van der Waals surface area contributed by atoms with Crippen molar-refractivity contribution in [3.63, 3.8) is 0 Å². The number of hydrogen-bond donors (Lipinski definition) is 1. The van der Waals surface area contributed by atoms with Crippen molar-refractivity contribution in [2.75, 3.05) is 13.1 Å². The monoisotopic (exact) mass is 238 g/mol. The summed E-state index contributed by atoms with van der Waals surface area (Å²) in [6.07, 6.45) is 1.44. The molecule has 0 spiro atoms. The number of fused-ring (bicyclic) bond motifs is 1. The van der Waals surface area contributed by atoms with Gasteiger partial charge in [0.15, 0.2) is 0 Å². The van der Waals surface area contributed by atoms with Gasteiger partial charge in [-0.1, -0.05) is 0 Å². The quantitative estimate of drug-likeness (QED) is 0.637. The van der Waals surface area contributed by atoms with Gasteiger partial charge in [0.25, 0.3) is 9.24 Å². The van der Waals surface area contributed by atoms with Gasteiger partial charge in [0.05, 0.1) is 12.0 Å². The summed E-state index contributed by atoms with van der Waals surface area (Å²) < 4.78 is 23.6. The molecule has 0 bridgehead atoms. The van der Waals surface area contributed by atoms with Crippen LogP contribution in [0.25, 0.3) is 0 Å². The zero-order valence-corrected chi connectivity index (χ0v) is 9.01. The summed E-state index contributed by atoms with van der Waals surface area (Å²) in [7, 11) is 1.60. The van der Waals surface area contributed by atoms with Gasteiger partial charge in [-0.25, -0.2) is 0 Å². The number of carbonyl (C=O) groups is 1. The van der Waals surface area contributed by atoms with Crippen LogP contribution in [0.4, 0.5) is 0 Å². The lowest BCUT2D eigenvalue weighted by Gasteiger charge is -2.32. The zero-order valence-electron chi connectivity index (χ0n) is 7.44. The van der Waals surface area contributed by atoms with Crippen LogP contribution in [0, 0.1) is 5.92 Å². The fourth-order valence-corrected chi connectivity index (χ4v) is 3.59. The van der Waals surface area contributed by atoms with Crippen molar-refractivity contribution in [2.24, 2.45) is 5.92 Å². The maximum atomic E-state index is 11.3. The number of hydrogen-bond acceptors (Lipinski definition) is 3. The van der Waals surface area contributed by atoms with Crippen LogP contribution < -0.4 is 5.32 Å². The van der Waals surface area contributed by atoms with Gasteiger partial charge in [-0.3, -0.25) is 4.79 Å². The highest BCUT2D eigenvalue weighted by Crippen LogP contribution is 2.30. The summed E-state index contributed by atoms with van der Waals surface area (Å²) in [4.78, 5) is 11.3. The minimum atomic E-state index is -3.69. The second kappa shape index (κ2) is 3.36. The third kappa shape index (κ3) is 1.62. The number of carbonyl (C=O) groups excluding carboxylic acids is 1.